The van der Waals surface area contributed by atoms with E-state index >= 15 is 0 Å². The first-order chi connectivity index (χ1) is 8.65. The van der Waals surface area contributed by atoms with Gasteiger partial charge in [-0.3, -0.25) is 0 Å². The number of rotatable bonds is 5. The molecule has 2 fully saturated rings. The first-order valence-corrected chi connectivity index (χ1v) is 7.81. The molecule has 0 spiro atoms. The molecular weight excluding hydrogens is 222 g/mol. The minimum absolute atomic E-state index is 0.766. The maximum Gasteiger partial charge on any atom is 0.0218 e. The molecule has 1 unspecified atom stereocenters. The Morgan fingerprint density at radius 3 is 2.39 bits per heavy atom. The summed E-state index contributed by atoms with van der Waals surface area (Å²) in [6.07, 6.45) is 5.44. The van der Waals surface area contributed by atoms with Gasteiger partial charge in [-0.1, -0.05) is 13.8 Å². The zero-order valence-corrected chi connectivity index (χ0v) is 12.5. The molecule has 2 saturated heterocycles. The van der Waals surface area contributed by atoms with Crippen LogP contribution >= 0.6 is 0 Å². The van der Waals surface area contributed by atoms with Crippen LogP contribution in [0.25, 0.3) is 0 Å². The van der Waals surface area contributed by atoms with Crippen molar-refractivity contribution in [2.75, 3.05) is 39.8 Å². The summed E-state index contributed by atoms with van der Waals surface area (Å²) in [5, 5.41) is 3.80. The van der Waals surface area contributed by atoms with E-state index in [1.54, 1.807) is 0 Å². The maximum absolute atomic E-state index is 3.80. The largest absolute Gasteiger partial charge is 0.312 e. The maximum atomic E-state index is 3.80. The van der Waals surface area contributed by atoms with Gasteiger partial charge in [-0.25, -0.2) is 0 Å². The van der Waals surface area contributed by atoms with Crippen LogP contribution in [0, 0.1) is 5.92 Å². The molecule has 2 heterocycles. The zero-order valence-electron chi connectivity index (χ0n) is 12.5. The monoisotopic (exact) mass is 253 g/mol. The van der Waals surface area contributed by atoms with E-state index in [2.05, 4.69) is 36.0 Å². The SMILES string of the molecule is CC(C)CN1CCC(NCC2CCCN2C)CC1. The highest BCUT2D eigenvalue weighted by Gasteiger charge is 2.23. The predicted molar refractivity (Wildman–Crippen MR) is 78.0 cm³/mol. The molecule has 2 rings (SSSR count). The van der Waals surface area contributed by atoms with Gasteiger partial charge in [0.25, 0.3) is 0 Å². The number of likely N-dealkylation sites (tertiary alicyclic amines) is 2. The molecule has 3 nitrogen and oxygen atoms in total. The van der Waals surface area contributed by atoms with Gasteiger partial charge in [-0.05, 0) is 58.3 Å². The van der Waals surface area contributed by atoms with Crippen molar-refractivity contribution in [2.24, 2.45) is 5.92 Å². The van der Waals surface area contributed by atoms with E-state index in [4.69, 9.17) is 0 Å². The lowest BCUT2D eigenvalue weighted by molar-refractivity contribution is 0.174. The molecule has 0 bridgehead atoms. The fraction of sp³-hybridized carbons (Fsp3) is 1.00. The Labute approximate surface area is 113 Å². The van der Waals surface area contributed by atoms with Crippen molar-refractivity contribution in [1.82, 2.24) is 15.1 Å². The summed E-state index contributed by atoms with van der Waals surface area (Å²) in [7, 11) is 2.27. The van der Waals surface area contributed by atoms with Crippen LogP contribution < -0.4 is 5.32 Å². The molecule has 2 aliphatic heterocycles. The molecule has 0 aromatic heterocycles. The van der Waals surface area contributed by atoms with Gasteiger partial charge in [-0.2, -0.15) is 0 Å². The molecule has 0 aliphatic carbocycles. The molecule has 0 aromatic rings. The van der Waals surface area contributed by atoms with Gasteiger partial charge < -0.3 is 15.1 Å². The fourth-order valence-corrected chi connectivity index (χ4v) is 3.38. The molecule has 18 heavy (non-hydrogen) atoms. The zero-order chi connectivity index (χ0) is 13.0. The van der Waals surface area contributed by atoms with Crippen molar-refractivity contribution in [2.45, 2.75) is 51.6 Å². The van der Waals surface area contributed by atoms with Gasteiger partial charge in [0, 0.05) is 25.2 Å². The Morgan fingerprint density at radius 2 is 1.83 bits per heavy atom. The molecule has 106 valence electrons. The van der Waals surface area contributed by atoms with Crippen LogP contribution in [-0.4, -0.2) is 61.7 Å². The van der Waals surface area contributed by atoms with Gasteiger partial charge >= 0.3 is 0 Å². The van der Waals surface area contributed by atoms with Crippen molar-refractivity contribution in [1.29, 1.82) is 0 Å². The summed E-state index contributed by atoms with van der Waals surface area (Å²) in [4.78, 5) is 5.14. The minimum Gasteiger partial charge on any atom is -0.312 e. The number of piperidine rings is 1. The molecule has 0 saturated carbocycles. The Bertz CT molecular complexity index is 234. The second kappa shape index (κ2) is 6.88. The van der Waals surface area contributed by atoms with Crippen molar-refractivity contribution >= 4 is 0 Å². The summed E-state index contributed by atoms with van der Waals surface area (Å²) in [5.74, 6) is 0.807. The van der Waals surface area contributed by atoms with Crippen molar-refractivity contribution in [3.8, 4) is 0 Å². The minimum atomic E-state index is 0.766. The van der Waals surface area contributed by atoms with E-state index in [9.17, 15) is 0 Å². The van der Waals surface area contributed by atoms with E-state index < -0.39 is 0 Å². The van der Waals surface area contributed by atoms with Crippen molar-refractivity contribution < 1.29 is 0 Å². The van der Waals surface area contributed by atoms with E-state index in [1.165, 1.54) is 58.4 Å². The predicted octanol–water partition coefficient (Wildman–Crippen LogP) is 1.79. The summed E-state index contributed by atoms with van der Waals surface area (Å²) >= 11 is 0. The van der Waals surface area contributed by atoms with Gasteiger partial charge in [-0.15, -0.1) is 0 Å². The third-order valence-corrected chi connectivity index (χ3v) is 4.52. The van der Waals surface area contributed by atoms with Crippen LogP contribution in [0.15, 0.2) is 0 Å². The average Bonchev–Trinajstić information content (AvgIpc) is 2.73. The Kier molecular flexibility index (Phi) is 5.46. The topological polar surface area (TPSA) is 18.5 Å². The highest BCUT2D eigenvalue weighted by Crippen LogP contribution is 2.16. The van der Waals surface area contributed by atoms with Crippen LogP contribution in [-0.2, 0) is 0 Å². The first kappa shape index (κ1) is 14.3. The molecule has 0 amide bonds. The van der Waals surface area contributed by atoms with E-state index in [1.807, 2.05) is 0 Å². The van der Waals surface area contributed by atoms with Crippen LogP contribution in [0.4, 0.5) is 0 Å². The third-order valence-electron chi connectivity index (χ3n) is 4.52. The molecule has 0 aromatic carbocycles. The van der Waals surface area contributed by atoms with Gasteiger partial charge in [0.1, 0.15) is 0 Å². The molecule has 0 radical (unpaired) electrons. The van der Waals surface area contributed by atoms with Gasteiger partial charge in [0.2, 0.25) is 0 Å². The first-order valence-electron chi connectivity index (χ1n) is 7.81. The Balaban J connectivity index is 1.61. The number of hydrogen-bond donors (Lipinski definition) is 1. The second-order valence-corrected chi connectivity index (χ2v) is 6.65. The highest BCUT2D eigenvalue weighted by molar-refractivity contribution is 4.83. The Morgan fingerprint density at radius 1 is 1.11 bits per heavy atom. The lowest BCUT2D eigenvalue weighted by atomic mass is 10.0. The lowest BCUT2D eigenvalue weighted by Crippen LogP contribution is -2.46. The quantitative estimate of drug-likeness (QED) is 0.806. The molecular formula is C15H31N3. The smallest absolute Gasteiger partial charge is 0.0218 e. The standard InChI is InChI=1S/C15H31N3/c1-13(2)12-18-9-6-14(7-10-18)16-11-15-5-4-8-17(15)3/h13-16H,4-12H2,1-3H3. The van der Waals surface area contributed by atoms with Crippen molar-refractivity contribution in [3.63, 3.8) is 0 Å². The summed E-state index contributed by atoms with van der Waals surface area (Å²) in [6.45, 7) is 11.0. The summed E-state index contributed by atoms with van der Waals surface area (Å²) in [5.41, 5.74) is 0. The molecule has 1 atom stereocenters. The van der Waals surface area contributed by atoms with Gasteiger partial charge in [0.15, 0.2) is 0 Å². The fourth-order valence-electron chi connectivity index (χ4n) is 3.38. The lowest BCUT2D eigenvalue weighted by Gasteiger charge is -2.34. The third kappa shape index (κ3) is 4.22. The Hall–Kier alpha value is -0.120. The van der Waals surface area contributed by atoms with E-state index in [0.29, 0.717) is 0 Å². The molecule has 3 heteroatoms. The van der Waals surface area contributed by atoms with Crippen LogP contribution in [0.5, 0.6) is 0 Å². The van der Waals surface area contributed by atoms with Crippen LogP contribution in [0.2, 0.25) is 0 Å². The molecule has 2 aliphatic rings. The van der Waals surface area contributed by atoms with E-state index in [-0.39, 0.29) is 0 Å². The second-order valence-electron chi connectivity index (χ2n) is 6.65. The van der Waals surface area contributed by atoms with Crippen molar-refractivity contribution in [3.05, 3.63) is 0 Å². The number of nitrogens with zero attached hydrogens (tertiary/aromatic N) is 2. The van der Waals surface area contributed by atoms with Gasteiger partial charge in [0.05, 0.1) is 0 Å². The normalized spacial score (nSPS) is 28.3. The van der Waals surface area contributed by atoms with E-state index in [0.717, 1.165) is 18.0 Å². The average molecular weight is 253 g/mol. The van der Waals surface area contributed by atoms with Crippen LogP contribution in [0.3, 0.4) is 0 Å². The van der Waals surface area contributed by atoms with Crippen LogP contribution in [0.1, 0.15) is 39.5 Å². The highest BCUT2D eigenvalue weighted by atomic mass is 15.2. The number of hydrogen-bond acceptors (Lipinski definition) is 3. The number of likely N-dealkylation sites (N-methyl/N-ethyl adjacent to an activating group) is 1. The molecule has 1 N–H and O–H groups in total. The number of nitrogens with one attached hydrogen (secondary N) is 1. The summed E-state index contributed by atoms with van der Waals surface area (Å²) in [6, 6.07) is 1.56. The summed E-state index contributed by atoms with van der Waals surface area (Å²) < 4.78 is 0.